The maximum Gasteiger partial charge on any atom is 0.0159 e. The van der Waals surface area contributed by atoms with Crippen molar-refractivity contribution in [2.24, 2.45) is 5.92 Å². The van der Waals surface area contributed by atoms with Crippen molar-refractivity contribution in [1.29, 1.82) is 0 Å². The fourth-order valence-corrected chi connectivity index (χ4v) is 8.03. The van der Waals surface area contributed by atoms with E-state index in [9.17, 15) is 0 Å². The summed E-state index contributed by atoms with van der Waals surface area (Å²) in [7, 11) is 0. The summed E-state index contributed by atoms with van der Waals surface area (Å²) in [5.74, 6) is 0.665. The highest BCUT2D eigenvalue weighted by atomic mass is 14.4. The Kier molecular flexibility index (Phi) is 5.77. The highest BCUT2D eigenvalue weighted by Gasteiger charge is 2.36. The summed E-state index contributed by atoms with van der Waals surface area (Å²) in [6.07, 6.45) is 11.5. The van der Waals surface area contributed by atoms with E-state index in [0.29, 0.717) is 11.8 Å². The van der Waals surface area contributed by atoms with E-state index in [0.717, 1.165) is 0 Å². The molecular weight excluding hydrogens is 540 g/mol. The zero-order valence-electron chi connectivity index (χ0n) is 25.7. The Morgan fingerprint density at radius 2 is 1.18 bits per heavy atom. The van der Waals surface area contributed by atoms with E-state index >= 15 is 0 Å². The van der Waals surface area contributed by atoms with Gasteiger partial charge in [-0.15, -0.1) is 0 Å². The highest BCUT2D eigenvalue weighted by molar-refractivity contribution is 5.90. The molecule has 9 rings (SSSR count). The summed E-state index contributed by atoms with van der Waals surface area (Å²) < 4.78 is 0. The van der Waals surface area contributed by atoms with Crippen molar-refractivity contribution in [2.75, 3.05) is 0 Å². The standard InChI is InChI=1S/C45H34/c1-45(2)43-27-32(29-10-4-3-5-11-29)20-22-40(43)41-23-21-33(28-44(41)45)31-18-16-30-17-19-35(25-36(30)24-31)42-26-34-12-6-7-13-37(34)38-14-8-9-15-39(38)42/h3-28,39,42H,1-2H3. The Morgan fingerprint density at radius 1 is 0.511 bits per heavy atom. The van der Waals surface area contributed by atoms with Crippen LogP contribution in [-0.2, 0) is 5.41 Å². The summed E-state index contributed by atoms with van der Waals surface area (Å²) >= 11 is 0. The first kappa shape index (κ1) is 26.2. The zero-order valence-corrected chi connectivity index (χ0v) is 25.7. The third-order valence-electron chi connectivity index (χ3n) is 10.4. The van der Waals surface area contributed by atoms with Gasteiger partial charge in [-0.25, -0.2) is 0 Å². The second-order valence-corrected chi connectivity index (χ2v) is 13.3. The van der Waals surface area contributed by atoms with E-state index in [1.807, 2.05) is 0 Å². The largest absolute Gasteiger partial charge is 0.0761 e. The van der Waals surface area contributed by atoms with Gasteiger partial charge in [0.2, 0.25) is 0 Å². The van der Waals surface area contributed by atoms with E-state index in [1.54, 1.807) is 0 Å². The smallest absolute Gasteiger partial charge is 0.0159 e. The Balaban J connectivity index is 1.10. The van der Waals surface area contributed by atoms with Crippen LogP contribution in [0.2, 0.25) is 0 Å². The summed E-state index contributed by atoms with van der Waals surface area (Å²) in [4.78, 5) is 0. The molecule has 0 nitrogen and oxygen atoms in total. The van der Waals surface area contributed by atoms with Crippen molar-refractivity contribution in [3.05, 3.63) is 179 Å². The number of fused-ring (bicyclic) bond motifs is 6. The van der Waals surface area contributed by atoms with Crippen LogP contribution in [0, 0.1) is 5.92 Å². The molecule has 3 aliphatic rings. The number of hydrogen-bond donors (Lipinski definition) is 0. The average Bonchev–Trinajstić information content (AvgIpc) is 3.32. The van der Waals surface area contributed by atoms with Crippen molar-refractivity contribution >= 4 is 22.4 Å². The van der Waals surface area contributed by atoms with E-state index < -0.39 is 0 Å². The van der Waals surface area contributed by atoms with Crippen LogP contribution in [0.15, 0.2) is 152 Å². The maximum atomic E-state index is 2.47. The van der Waals surface area contributed by atoms with Gasteiger partial charge < -0.3 is 0 Å². The Morgan fingerprint density at radius 3 is 1.98 bits per heavy atom. The Hall–Kier alpha value is -5.20. The van der Waals surface area contributed by atoms with Crippen molar-refractivity contribution < 1.29 is 0 Å². The van der Waals surface area contributed by atoms with E-state index in [-0.39, 0.29) is 5.41 Å². The van der Waals surface area contributed by atoms with Crippen LogP contribution in [-0.4, -0.2) is 0 Å². The van der Waals surface area contributed by atoms with Gasteiger partial charge in [-0.2, -0.15) is 0 Å². The molecule has 0 heteroatoms. The number of benzene rings is 6. The molecule has 0 bridgehead atoms. The zero-order chi connectivity index (χ0) is 30.1. The first-order valence-electron chi connectivity index (χ1n) is 16.1. The average molecular weight is 575 g/mol. The third-order valence-corrected chi connectivity index (χ3v) is 10.4. The monoisotopic (exact) mass is 574 g/mol. The minimum atomic E-state index is -0.0707. The van der Waals surface area contributed by atoms with Gasteiger partial charge in [0, 0.05) is 17.3 Å². The molecule has 0 saturated heterocycles. The maximum absolute atomic E-state index is 2.47. The lowest BCUT2D eigenvalue weighted by molar-refractivity contribution is 0.661. The Labute approximate surface area is 265 Å². The molecule has 0 amide bonds. The van der Waals surface area contributed by atoms with Gasteiger partial charge in [0.05, 0.1) is 0 Å². The van der Waals surface area contributed by atoms with Crippen molar-refractivity contribution in [3.8, 4) is 33.4 Å². The first-order chi connectivity index (χ1) is 22.0. The topological polar surface area (TPSA) is 0 Å². The van der Waals surface area contributed by atoms with Crippen LogP contribution in [0.25, 0.3) is 55.8 Å². The molecule has 0 saturated carbocycles. The van der Waals surface area contributed by atoms with Crippen LogP contribution in [0.4, 0.5) is 0 Å². The minimum Gasteiger partial charge on any atom is -0.0761 e. The third kappa shape index (κ3) is 4.13. The van der Waals surface area contributed by atoms with Crippen LogP contribution in [0.5, 0.6) is 0 Å². The molecule has 0 heterocycles. The summed E-state index contributed by atoms with van der Waals surface area (Å²) in [5.41, 5.74) is 13.4. The SMILES string of the molecule is CC1(C)c2cc(-c3ccccc3)ccc2-c2ccc(-c3ccc4ccc(C5C=c6ccccc6=C6C=CC=CC65)cc4c3)cc21. The molecule has 0 fully saturated rings. The van der Waals surface area contributed by atoms with Crippen molar-refractivity contribution in [2.45, 2.75) is 25.2 Å². The van der Waals surface area contributed by atoms with Gasteiger partial charge in [-0.3, -0.25) is 0 Å². The molecule has 2 atom stereocenters. The van der Waals surface area contributed by atoms with Crippen LogP contribution in [0.3, 0.4) is 0 Å². The molecule has 0 aliphatic heterocycles. The van der Waals surface area contributed by atoms with Crippen molar-refractivity contribution in [3.63, 3.8) is 0 Å². The van der Waals surface area contributed by atoms with E-state index in [4.69, 9.17) is 0 Å². The molecule has 214 valence electrons. The Bertz CT molecular complexity index is 2350. The lowest BCUT2D eigenvalue weighted by Gasteiger charge is -2.29. The van der Waals surface area contributed by atoms with Gasteiger partial charge in [0.25, 0.3) is 0 Å². The lowest BCUT2D eigenvalue weighted by Crippen LogP contribution is -2.35. The molecule has 0 aromatic heterocycles. The van der Waals surface area contributed by atoms with Gasteiger partial charge in [0.15, 0.2) is 0 Å². The summed E-state index contributed by atoms with van der Waals surface area (Å²) in [6, 6.07) is 47.7. The fourth-order valence-electron chi connectivity index (χ4n) is 8.03. The molecule has 0 radical (unpaired) electrons. The molecule has 45 heavy (non-hydrogen) atoms. The molecule has 0 N–H and O–H groups in total. The summed E-state index contributed by atoms with van der Waals surface area (Å²) in [5, 5.41) is 5.27. The summed E-state index contributed by atoms with van der Waals surface area (Å²) in [6.45, 7) is 4.75. The van der Waals surface area contributed by atoms with Crippen LogP contribution in [0.1, 0.15) is 36.5 Å². The molecule has 3 aliphatic carbocycles. The van der Waals surface area contributed by atoms with Crippen molar-refractivity contribution in [1.82, 2.24) is 0 Å². The van der Waals surface area contributed by atoms with Crippen LogP contribution >= 0.6 is 0 Å². The predicted molar refractivity (Wildman–Crippen MR) is 190 cm³/mol. The fraction of sp³-hybridized carbons (Fsp3) is 0.111. The first-order valence-corrected chi connectivity index (χ1v) is 16.1. The molecule has 0 spiro atoms. The predicted octanol–water partition coefficient (Wildman–Crippen LogP) is 9.95. The van der Waals surface area contributed by atoms with Gasteiger partial charge >= 0.3 is 0 Å². The lowest BCUT2D eigenvalue weighted by atomic mass is 9.75. The van der Waals surface area contributed by atoms with Gasteiger partial charge in [0.1, 0.15) is 0 Å². The van der Waals surface area contributed by atoms with Gasteiger partial charge in [-0.1, -0.05) is 153 Å². The number of allylic oxidation sites excluding steroid dienone is 4. The minimum absolute atomic E-state index is 0.0707. The molecule has 6 aromatic rings. The molecule has 6 aromatic carbocycles. The highest BCUT2D eigenvalue weighted by Crippen LogP contribution is 2.50. The molecular formula is C45H34. The van der Waals surface area contributed by atoms with Crippen LogP contribution < -0.4 is 10.4 Å². The second-order valence-electron chi connectivity index (χ2n) is 13.3. The molecule has 2 unspecified atom stereocenters. The van der Waals surface area contributed by atoms with Gasteiger partial charge in [-0.05, 0) is 95.1 Å². The number of rotatable bonds is 3. The quantitative estimate of drug-likeness (QED) is 0.197. The van der Waals surface area contributed by atoms with E-state index in [2.05, 4.69) is 172 Å². The number of hydrogen-bond acceptors (Lipinski definition) is 0. The second kappa shape index (κ2) is 9.91. The normalized spacial score (nSPS) is 18.6. The van der Waals surface area contributed by atoms with E-state index in [1.165, 1.54) is 76.9 Å².